The third-order valence-electron chi connectivity index (χ3n) is 3.88. The van der Waals surface area contributed by atoms with Crippen LogP contribution < -0.4 is 16.0 Å². The second-order valence-corrected chi connectivity index (χ2v) is 6.69. The molecule has 3 N–H and O–H groups in total. The lowest BCUT2D eigenvalue weighted by atomic mass is 10.0. The molecule has 122 valence electrons. The van der Waals surface area contributed by atoms with Crippen molar-refractivity contribution in [2.75, 3.05) is 22.5 Å². The van der Waals surface area contributed by atoms with Crippen LogP contribution >= 0.6 is 11.8 Å². The normalized spacial score (nSPS) is 21.4. The summed E-state index contributed by atoms with van der Waals surface area (Å²) >= 11 is 1.46. The topological polar surface area (TPSA) is 102 Å². The number of hydrogen-bond acceptors (Lipinski definition) is 5. The summed E-state index contributed by atoms with van der Waals surface area (Å²) in [4.78, 5) is 37.2. The molecule has 2 heterocycles. The van der Waals surface area contributed by atoms with Crippen LogP contribution in [0.1, 0.15) is 13.3 Å². The number of primary amides is 1. The Hall–Kier alpha value is -2.22. The number of rotatable bonds is 4. The van der Waals surface area contributed by atoms with Crippen LogP contribution in [0.15, 0.2) is 23.1 Å². The van der Waals surface area contributed by atoms with Gasteiger partial charge < -0.3 is 15.8 Å². The van der Waals surface area contributed by atoms with E-state index in [1.54, 1.807) is 13.0 Å². The van der Waals surface area contributed by atoms with Crippen LogP contribution in [0.25, 0.3) is 0 Å². The first-order valence-corrected chi connectivity index (χ1v) is 8.27. The number of ether oxygens (including phenoxy) is 1. The van der Waals surface area contributed by atoms with Crippen molar-refractivity contribution in [3.63, 3.8) is 0 Å². The molecule has 0 aliphatic carbocycles. The van der Waals surface area contributed by atoms with E-state index in [9.17, 15) is 14.4 Å². The van der Waals surface area contributed by atoms with E-state index in [1.807, 2.05) is 12.1 Å². The molecule has 1 fully saturated rings. The van der Waals surface area contributed by atoms with Crippen LogP contribution in [0.2, 0.25) is 0 Å². The highest BCUT2D eigenvalue weighted by molar-refractivity contribution is 8.00. The predicted molar refractivity (Wildman–Crippen MR) is 86.4 cm³/mol. The minimum Gasteiger partial charge on any atom is -0.444 e. The van der Waals surface area contributed by atoms with Gasteiger partial charge in [-0.1, -0.05) is 6.92 Å². The summed E-state index contributed by atoms with van der Waals surface area (Å²) in [6.07, 6.45) is -0.429. The van der Waals surface area contributed by atoms with Crippen molar-refractivity contribution in [3.8, 4) is 0 Å². The molecule has 0 bridgehead atoms. The molecule has 2 aliphatic rings. The maximum Gasteiger partial charge on any atom is 0.414 e. The molecule has 1 unspecified atom stereocenters. The van der Waals surface area contributed by atoms with Crippen molar-refractivity contribution >= 4 is 41.0 Å². The third-order valence-corrected chi connectivity index (χ3v) is 4.96. The summed E-state index contributed by atoms with van der Waals surface area (Å²) in [6, 6.07) is 5.46. The first kappa shape index (κ1) is 15.7. The van der Waals surface area contributed by atoms with Crippen molar-refractivity contribution in [2.45, 2.75) is 24.3 Å². The molecule has 2 atom stereocenters. The van der Waals surface area contributed by atoms with Crippen molar-refractivity contribution in [1.29, 1.82) is 0 Å². The molecule has 23 heavy (non-hydrogen) atoms. The summed E-state index contributed by atoms with van der Waals surface area (Å²) in [5.41, 5.74) is 6.61. The zero-order chi connectivity index (χ0) is 16.6. The van der Waals surface area contributed by atoms with Crippen LogP contribution in [0.4, 0.5) is 16.2 Å². The second kappa shape index (κ2) is 6.11. The van der Waals surface area contributed by atoms with Gasteiger partial charge in [0.2, 0.25) is 11.8 Å². The Labute approximate surface area is 137 Å². The molecule has 1 saturated heterocycles. The minimum absolute atomic E-state index is 0.0585. The van der Waals surface area contributed by atoms with Gasteiger partial charge in [0.15, 0.2) is 0 Å². The van der Waals surface area contributed by atoms with Gasteiger partial charge in [-0.3, -0.25) is 14.5 Å². The van der Waals surface area contributed by atoms with Gasteiger partial charge in [-0.05, 0) is 24.6 Å². The van der Waals surface area contributed by atoms with Crippen molar-refractivity contribution in [3.05, 3.63) is 18.2 Å². The van der Waals surface area contributed by atoms with Crippen LogP contribution in [0.3, 0.4) is 0 Å². The third kappa shape index (κ3) is 3.26. The highest BCUT2D eigenvalue weighted by atomic mass is 32.2. The summed E-state index contributed by atoms with van der Waals surface area (Å²) < 4.78 is 5.30. The van der Waals surface area contributed by atoms with Gasteiger partial charge in [0.05, 0.1) is 18.0 Å². The Bertz CT molecular complexity index is 679. The molecule has 7 nitrogen and oxygen atoms in total. The van der Waals surface area contributed by atoms with Gasteiger partial charge in [0, 0.05) is 16.5 Å². The Balaban J connectivity index is 1.74. The lowest BCUT2D eigenvalue weighted by molar-refractivity contribution is -0.122. The SMILES string of the molecule is CC(C[C@@H]1CN(c2ccc3c(c2)NC(=O)CS3)C(=O)O1)C(N)=O. The van der Waals surface area contributed by atoms with E-state index in [0.717, 1.165) is 4.90 Å². The maximum atomic E-state index is 12.1. The molecule has 0 aromatic heterocycles. The number of nitrogens with one attached hydrogen (secondary N) is 1. The first-order valence-electron chi connectivity index (χ1n) is 7.28. The lowest BCUT2D eigenvalue weighted by Gasteiger charge is -2.20. The molecule has 3 rings (SSSR count). The molecular formula is C15H17N3O4S. The summed E-state index contributed by atoms with van der Waals surface area (Å²) in [7, 11) is 0. The molecule has 1 aromatic rings. The fraction of sp³-hybridized carbons (Fsp3) is 0.400. The minimum atomic E-state index is -0.457. The van der Waals surface area contributed by atoms with Crippen LogP contribution in [-0.4, -0.2) is 36.3 Å². The first-order chi connectivity index (χ1) is 10.9. The molecular weight excluding hydrogens is 318 g/mol. The largest absolute Gasteiger partial charge is 0.444 e. The number of carbonyl (C=O) groups excluding carboxylic acids is 3. The number of thioether (sulfide) groups is 1. The Morgan fingerprint density at radius 1 is 1.52 bits per heavy atom. The van der Waals surface area contributed by atoms with E-state index in [4.69, 9.17) is 10.5 Å². The van der Waals surface area contributed by atoms with E-state index in [-0.39, 0.29) is 17.9 Å². The molecule has 3 amide bonds. The van der Waals surface area contributed by atoms with E-state index >= 15 is 0 Å². The van der Waals surface area contributed by atoms with Crippen LogP contribution in [0.5, 0.6) is 0 Å². The van der Waals surface area contributed by atoms with Crippen LogP contribution in [0, 0.1) is 5.92 Å². The van der Waals surface area contributed by atoms with Gasteiger partial charge in [-0.2, -0.15) is 0 Å². The summed E-state index contributed by atoms with van der Waals surface area (Å²) in [5.74, 6) is -0.428. The van der Waals surface area contributed by atoms with E-state index in [2.05, 4.69) is 5.32 Å². The number of cyclic esters (lactones) is 1. The molecule has 8 heteroatoms. The van der Waals surface area contributed by atoms with Crippen molar-refractivity contribution in [2.24, 2.45) is 11.7 Å². The van der Waals surface area contributed by atoms with Crippen molar-refractivity contribution in [1.82, 2.24) is 0 Å². The predicted octanol–water partition coefficient (Wildman–Crippen LogP) is 1.57. The molecule has 0 spiro atoms. The second-order valence-electron chi connectivity index (χ2n) is 5.67. The zero-order valence-corrected chi connectivity index (χ0v) is 13.4. The number of hydrogen-bond donors (Lipinski definition) is 2. The smallest absolute Gasteiger partial charge is 0.414 e. The monoisotopic (exact) mass is 335 g/mol. The molecule has 2 aliphatic heterocycles. The molecule has 1 aromatic carbocycles. The number of fused-ring (bicyclic) bond motifs is 1. The number of nitrogens with zero attached hydrogens (tertiary/aromatic N) is 1. The fourth-order valence-corrected chi connectivity index (χ4v) is 3.39. The standard InChI is InChI=1S/C15H17N3O4S/c1-8(14(16)20)4-10-6-18(15(21)22-10)9-2-3-12-11(5-9)17-13(19)7-23-12/h2-3,5,8,10H,4,6-7H2,1H3,(H2,16,20)(H,17,19)/t8?,10-/m1/s1. The Morgan fingerprint density at radius 2 is 2.30 bits per heavy atom. The van der Waals surface area contributed by atoms with Crippen molar-refractivity contribution < 1.29 is 19.1 Å². The Kier molecular flexibility index (Phi) is 4.16. The fourth-order valence-electron chi connectivity index (χ4n) is 2.60. The summed E-state index contributed by atoms with van der Waals surface area (Å²) in [5, 5.41) is 2.80. The average molecular weight is 335 g/mol. The van der Waals surface area contributed by atoms with E-state index in [1.165, 1.54) is 16.7 Å². The number of nitrogens with two attached hydrogens (primary N) is 1. The number of amides is 3. The lowest BCUT2D eigenvalue weighted by Crippen LogP contribution is -2.28. The average Bonchev–Trinajstić information content (AvgIpc) is 2.86. The highest BCUT2D eigenvalue weighted by Crippen LogP contribution is 2.35. The molecule has 0 radical (unpaired) electrons. The number of carbonyl (C=O) groups is 3. The van der Waals surface area contributed by atoms with E-state index in [0.29, 0.717) is 30.1 Å². The Morgan fingerprint density at radius 3 is 3.04 bits per heavy atom. The number of anilines is 2. The van der Waals surface area contributed by atoms with E-state index < -0.39 is 12.0 Å². The van der Waals surface area contributed by atoms with Crippen LogP contribution in [-0.2, 0) is 14.3 Å². The van der Waals surface area contributed by atoms with Gasteiger partial charge in [0.25, 0.3) is 0 Å². The van der Waals surface area contributed by atoms with Gasteiger partial charge >= 0.3 is 6.09 Å². The van der Waals surface area contributed by atoms with Gasteiger partial charge in [-0.25, -0.2) is 4.79 Å². The maximum absolute atomic E-state index is 12.1. The molecule has 0 saturated carbocycles. The summed E-state index contributed by atoms with van der Waals surface area (Å²) in [6.45, 7) is 2.07. The number of benzene rings is 1. The zero-order valence-electron chi connectivity index (χ0n) is 12.6. The van der Waals surface area contributed by atoms with Gasteiger partial charge in [0.1, 0.15) is 6.10 Å². The quantitative estimate of drug-likeness (QED) is 0.869. The van der Waals surface area contributed by atoms with Gasteiger partial charge in [-0.15, -0.1) is 11.8 Å². The highest BCUT2D eigenvalue weighted by Gasteiger charge is 2.34.